The molecule has 630 valence electrons. The van der Waals surface area contributed by atoms with Crippen LogP contribution in [0.25, 0.3) is 0 Å². The van der Waals surface area contributed by atoms with Crippen LogP contribution in [0.4, 0.5) is 14.4 Å². The van der Waals surface area contributed by atoms with Crippen LogP contribution in [0, 0.1) is 0 Å². The van der Waals surface area contributed by atoms with Crippen LogP contribution in [0.5, 0.6) is 34.5 Å². The van der Waals surface area contributed by atoms with Crippen molar-refractivity contribution in [1.29, 1.82) is 0 Å². The minimum atomic E-state index is -1.000. The summed E-state index contributed by atoms with van der Waals surface area (Å²) in [5, 5.41) is 1.70. The van der Waals surface area contributed by atoms with Gasteiger partial charge in [-0.05, 0) is 229 Å². The van der Waals surface area contributed by atoms with Gasteiger partial charge in [-0.15, -0.1) is 125 Å². The Bertz CT molecular complexity index is 3710. The summed E-state index contributed by atoms with van der Waals surface area (Å²) in [6.45, 7) is 28.0. The Morgan fingerprint density at radius 1 is 0.404 bits per heavy atom. The van der Waals surface area contributed by atoms with E-state index in [1.165, 1.54) is 0 Å². The van der Waals surface area contributed by atoms with Crippen LogP contribution in [-0.4, -0.2) is 104 Å². The van der Waals surface area contributed by atoms with Gasteiger partial charge in [0.15, 0.2) is 34.5 Å². The number of amides is 3. The number of halogens is 3. The van der Waals surface area contributed by atoms with Gasteiger partial charge in [0.25, 0.3) is 17.4 Å². The fourth-order valence-corrected chi connectivity index (χ4v) is 119. The fourth-order valence-electron chi connectivity index (χ4n) is 12.2. The van der Waals surface area contributed by atoms with Gasteiger partial charge in [0, 0.05) is 95.3 Å². The Kier molecular flexibility index (Phi) is 43.6. The summed E-state index contributed by atoms with van der Waals surface area (Å²) in [6, 6.07) is 28.7. The van der Waals surface area contributed by atoms with Crippen molar-refractivity contribution >= 4 is 250 Å². The first-order valence-electron chi connectivity index (χ1n) is 35.9. The summed E-state index contributed by atoms with van der Waals surface area (Å²) in [5.74, 6) is 2.24. The zero-order valence-corrected chi connectivity index (χ0v) is 93.6. The van der Waals surface area contributed by atoms with E-state index in [0.717, 1.165) is 88.4 Å². The largest absolute Gasteiger partial charge is 0.444 e. The first-order valence-corrected chi connectivity index (χ1v) is 78.0. The van der Waals surface area contributed by atoms with Gasteiger partial charge in [-0.25, -0.2) is 14.4 Å². The molecule has 6 aliphatic rings. The van der Waals surface area contributed by atoms with Gasteiger partial charge in [-0.3, -0.25) is 15.0 Å². The highest BCUT2D eigenvalue weighted by atomic mass is 35.5. The lowest BCUT2D eigenvalue weighted by Gasteiger charge is -2.34. The van der Waals surface area contributed by atoms with Crippen LogP contribution >= 0.6 is 232 Å². The standard InChI is InChI=1S/3C23H27ClN2O4.H11P9.H10P8.H9P7/c3*1-22(2,3)30-21(27)26-12-10-15(11-13-26)17-6-5-7-18-20(17)29-23(4,28-18)19-9-8-16(24)14-25-19;1-6-9(7(2)3)8(4)5;1-6(2)8(5)7(3)4;1-5-7(4)6(2)3/h3*5-9,14-15H,10-13H2,1-4H3;6H,1-5H2;1-5H2;5H,1-4H2. The molecular weight excluding hydrogens is 1950 g/mol. The molecule has 0 radical (unpaired) electrons. The molecule has 6 aromatic rings. The number of hydrogen-bond donors (Lipinski definition) is 0. The molecule has 6 aliphatic heterocycles. The van der Waals surface area contributed by atoms with Crippen molar-refractivity contribution in [1.82, 2.24) is 29.7 Å². The topological polar surface area (TPSA) is 183 Å². The first kappa shape index (κ1) is 104. The van der Waals surface area contributed by atoms with E-state index in [4.69, 9.17) is 77.4 Å². The average Bonchev–Trinajstić information content (AvgIpc) is 1.61. The number of likely N-dealkylation sites (tertiary alicyclic amines) is 3. The number of ether oxygens (including phenoxy) is 9. The van der Waals surface area contributed by atoms with E-state index in [2.05, 4.69) is 158 Å². The Labute approximate surface area is 735 Å². The van der Waals surface area contributed by atoms with Gasteiger partial charge < -0.3 is 57.3 Å². The molecule has 3 aromatic heterocycles. The molecule has 3 fully saturated rings. The maximum atomic E-state index is 12.4. The molecule has 18 nitrogen and oxygen atoms in total. The molecule has 20 atom stereocenters. The number of piperidine rings is 3. The third-order valence-electron chi connectivity index (χ3n) is 17.6. The zero-order chi connectivity index (χ0) is 84.6. The third kappa shape index (κ3) is 32.0. The normalized spacial score (nSPS) is 19.9. The molecule has 3 aromatic carbocycles. The van der Waals surface area contributed by atoms with Gasteiger partial charge in [-0.2, -0.15) is 0 Å². The highest BCUT2D eigenvalue weighted by Gasteiger charge is 2.46. The Morgan fingerprint density at radius 3 is 0.833 bits per heavy atom. The van der Waals surface area contributed by atoms with Crippen molar-refractivity contribution in [3.05, 3.63) is 158 Å². The molecule has 3 saturated heterocycles. The van der Waals surface area contributed by atoms with Crippen LogP contribution < -0.4 is 28.4 Å². The Hall–Kier alpha value is 2.91. The molecular formula is C69H111Cl3N6O12P24. The van der Waals surface area contributed by atoms with Gasteiger partial charge in [0.05, 0.1) is 15.1 Å². The molecule has 9 heterocycles. The number of pyridine rings is 3. The average molecular weight is 2070 g/mol. The van der Waals surface area contributed by atoms with E-state index >= 15 is 0 Å². The van der Waals surface area contributed by atoms with Crippen molar-refractivity contribution in [2.45, 2.75) is 174 Å². The summed E-state index contributed by atoms with van der Waals surface area (Å²) in [6.07, 6.45) is 9.07. The molecule has 20 unspecified atom stereocenters. The third-order valence-corrected chi connectivity index (χ3v) is 131. The van der Waals surface area contributed by atoms with Crippen LogP contribution in [0.3, 0.4) is 0 Å². The number of hydrogen-bond acceptors (Lipinski definition) is 15. The molecule has 45 heteroatoms. The number of rotatable bonds is 13. The molecule has 0 spiro atoms. The second kappa shape index (κ2) is 47.8. The lowest BCUT2D eigenvalue weighted by molar-refractivity contribution is -0.0726. The molecule has 3 amide bonds. The van der Waals surface area contributed by atoms with Crippen LogP contribution in [0.2, 0.25) is 15.1 Å². The fraction of sp³-hybridized carbons (Fsp3) is 0.478. The van der Waals surface area contributed by atoms with Gasteiger partial charge in [0.2, 0.25) is 0 Å². The van der Waals surface area contributed by atoms with Gasteiger partial charge in [0.1, 0.15) is 33.9 Å². The van der Waals surface area contributed by atoms with E-state index < -0.39 is 34.2 Å². The highest BCUT2D eigenvalue weighted by molar-refractivity contribution is 9.10. The second-order valence-electron chi connectivity index (χ2n) is 29.9. The smallest absolute Gasteiger partial charge is 0.410 e. The number of carbonyl (C=O) groups excluding carboxylic acids is 3. The Morgan fingerprint density at radius 2 is 0.667 bits per heavy atom. The Balaban J connectivity index is 0.000000207. The monoisotopic (exact) mass is 2060 g/mol. The number of nitrogens with zero attached hydrogens (tertiary/aromatic N) is 6. The van der Waals surface area contributed by atoms with E-state index in [1.54, 1.807) is 51.5 Å². The quantitative estimate of drug-likeness (QED) is 0.0786. The lowest BCUT2D eigenvalue weighted by atomic mass is 9.89. The minimum Gasteiger partial charge on any atom is -0.444 e. The van der Waals surface area contributed by atoms with E-state index in [1.807, 2.05) is 138 Å². The van der Waals surface area contributed by atoms with Crippen molar-refractivity contribution in [3.63, 3.8) is 0 Å². The van der Waals surface area contributed by atoms with Crippen molar-refractivity contribution in [2.75, 3.05) is 39.3 Å². The lowest BCUT2D eigenvalue weighted by Crippen LogP contribution is -2.41. The van der Waals surface area contributed by atoms with Gasteiger partial charge in [-0.1, -0.05) is 87.1 Å². The zero-order valence-electron chi connectivity index (χ0n) is 66.0. The number of aromatic nitrogens is 3. The minimum absolute atomic E-state index is 0.147. The molecule has 0 N–H and O–H groups in total. The molecule has 12 rings (SSSR count). The molecule has 114 heavy (non-hydrogen) atoms. The van der Waals surface area contributed by atoms with Crippen molar-refractivity contribution in [3.8, 4) is 34.5 Å². The van der Waals surface area contributed by atoms with Gasteiger partial charge >= 0.3 is 18.3 Å². The number of fused-ring (bicyclic) bond motifs is 3. The number of carbonyl (C=O) groups is 3. The molecule has 0 aliphatic carbocycles. The van der Waals surface area contributed by atoms with Crippen LogP contribution in [0.1, 0.15) is 173 Å². The van der Waals surface area contributed by atoms with E-state index in [9.17, 15) is 14.4 Å². The first-order chi connectivity index (χ1) is 53.3. The summed E-state index contributed by atoms with van der Waals surface area (Å²) in [7, 11) is 42.4. The number of benzene rings is 3. The highest BCUT2D eigenvalue weighted by Crippen LogP contribution is 3.04. The molecule has 0 saturated carbocycles. The summed E-state index contributed by atoms with van der Waals surface area (Å²) < 4.78 is 53.9. The number of para-hydroxylation sites is 3. The van der Waals surface area contributed by atoms with Crippen LogP contribution in [0.15, 0.2) is 110 Å². The predicted octanol–water partition coefficient (Wildman–Crippen LogP) is 29.1. The predicted molar refractivity (Wildman–Crippen MR) is 550 cm³/mol. The molecule has 0 bridgehead atoms. The van der Waals surface area contributed by atoms with Crippen LogP contribution in [-0.2, 0) is 31.6 Å². The van der Waals surface area contributed by atoms with E-state index in [-0.39, 0.29) is 84.9 Å². The maximum Gasteiger partial charge on any atom is 0.410 e. The summed E-state index contributed by atoms with van der Waals surface area (Å²) >= 11 is 17.9. The maximum absolute atomic E-state index is 12.4. The van der Waals surface area contributed by atoms with Crippen molar-refractivity contribution in [2.24, 2.45) is 0 Å². The van der Waals surface area contributed by atoms with E-state index in [0.29, 0.717) is 95.7 Å². The second-order valence-corrected chi connectivity index (χ2v) is 112. The summed E-state index contributed by atoms with van der Waals surface area (Å²) in [5.41, 5.74) is 3.84. The van der Waals surface area contributed by atoms with Crippen molar-refractivity contribution < 1.29 is 57.0 Å². The SMILES string of the molecule is CC(C)(C)OC(=O)N1CCC(c2cccc3c2OC(C)(c2ccc(Cl)cn2)O3)CC1.CC(C)(C)OC(=O)N1CCC(c2cccc3c2OC(C)(c2ccc(Cl)cn2)O3)CC1.CC(C)(C)OC(=O)N1CCC(c2cccc3c2OC(C)(c2ccc(Cl)cn2)O3)CC1.PP(P)P(P)P(P)P.PPP(P(P)P)P(P)P.PPP(P)P(P)P. The summed E-state index contributed by atoms with van der Waals surface area (Å²) in [4.78, 5) is 55.5.